The lowest BCUT2D eigenvalue weighted by molar-refractivity contribution is 0.0144. The van der Waals surface area contributed by atoms with Gasteiger partial charge in [-0.05, 0) is 25.1 Å². The van der Waals surface area contributed by atoms with Crippen LogP contribution in [-0.4, -0.2) is 34.3 Å². The van der Waals surface area contributed by atoms with Crippen molar-refractivity contribution in [3.63, 3.8) is 0 Å². The van der Waals surface area contributed by atoms with E-state index >= 15 is 0 Å². The summed E-state index contributed by atoms with van der Waals surface area (Å²) in [4.78, 5) is 4.32. The Labute approximate surface area is 115 Å². The van der Waals surface area contributed by atoms with E-state index in [1.54, 1.807) is 29.7 Å². The van der Waals surface area contributed by atoms with Crippen LogP contribution in [0.5, 0.6) is 0 Å². The highest BCUT2D eigenvalue weighted by atomic mass is 19.3. The number of anilines is 1. The molecule has 0 bridgehead atoms. The largest absolute Gasteiger partial charge is 0.399 e. The van der Waals surface area contributed by atoms with E-state index in [1.807, 2.05) is 0 Å². The van der Waals surface area contributed by atoms with Gasteiger partial charge >= 0.3 is 0 Å². The SMILES string of the molecule is CC(O)c1nc2cc(N)ccc2n1CCOCC(F)F. The molecule has 0 amide bonds. The van der Waals surface area contributed by atoms with E-state index in [0.29, 0.717) is 23.6 Å². The van der Waals surface area contributed by atoms with Gasteiger partial charge in [0.1, 0.15) is 18.5 Å². The normalized spacial score (nSPS) is 13.2. The molecule has 2 aromatic rings. The van der Waals surface area contributed by atoms with E-state index < -0.39 is 19.1 Å². The van der Waals surface area contributed by atoms with E-state index in [4.69, 9.17) is 10.5 Å². The summed E-state index contributed by atoms with van der Waals surface area (Å²) in [5.74, 6) is 0.464. The predicted molar refractivity (Wildman–Crippen MR) is 71.6 cm³/mol. The fraction of sp³-hybridized carbons (Fsp3) is 0.462. The summed E-state index contributed by atoms with van der Waals surface area (Å²) in [6, 6.07) is 5.22. The van der Waals surface area contributed by atoms with Crippen molar-refractivity contribution in [2.75, 3.05) is 18.9 Å². The monoisotopic (exact) mass is 285 g/mol. The van der Waals surface area contributed by atoms with Crippen LogP contribution in [0.3, 0.4) is 0 Å². The first-order chi connectivity index (χ1) is 9.49. The Kier molecular flexibility index (Phi) is 4.51. The second kappa shape index (κ2) is 6.15. The Morgan fingerprint density at radius 3 is 2.85 bits per heavy atom. The molecule has 0 saturated carbocycles. The zero-order chi connectivity index (χ0) is 14.7. The number of imidazole rings is 1. The number of nitrogens with two attached hydrogens (primary N) is 1. The Balaban J connectivity index is 2.22. The van der Waals surface area contributed by atoms with Gasteiger partial charge in [-0.1, -0.05) is 0 Å². The third-order valence-electron chi connectivity index (χ3n) is 2.88. The number of rotatable bonds is 6. The van der Waals surface area contributed by atoms with Crippen LogP contribution in [0.25, 0.3) is 11.0 Å². The number of nitrogen functional groups attached to an aromatic ring is 1. The summed E-state index contributed by atoms with van der Waals surface area (Å²) >= 11 is 0. The first kappa shape index (κ1) is 14.7. The van der Waals surface area contributed by atoms with Crippen molar-refractivity contribution in [3.8, 4) is 0 Å². The number of benzene rings is 1. The fourth-order valence-corrected chi connectivity index (χ4v) is 2.05. The van der Waals surface area contributed by atoms with Crippen molar-refractivity contribution in [2.24, 2.45) is 0 Å². The van der Waals surface area contributed by atoms with Crippen LogP contribution in [0.2, 0.25) is 0 Å². The lowest BCUT2D eigenvalue weighted by atomic mass is 10.3. The van der Waals surface area contributed by atoms with Gasteiger partial charge in [0.25, 0.3) is 6.43 Å². The number of aromatic nitrogens is 2. The predicted octanol–water partition coefficient (Wildman–Crippen LogP) is 1.95. The Morgan fingerprint density at radius 2 is 2.20 bits per heavy atom. The van der Waals surface area contributed by atoms with Crippen LogP contribution >= 0.6 is 0 Å². The zero-order valence-corrected chi connectivity index (χ0v) is 11.1. The van der Waals surface area contributed by atoms with Gasteiger partial charge in [0, 0.05) is 12.2 Å². The molecule has 0 fully saturated rings. The first-order valence-corrected chi connectivity index (χ1v) is 6.28. The maximum Gasteiger partial charge on any atom is 0.261 e. The fourth-order valence-electron chi connectivity index (χ4n) is 2.05. The highest BCUT2D eigenvalue weighted by Crippen LogP contribution is 2.22. The van der Waals surface area contributed by atoms with Crippen molar-refractivity contribution < 1.29 is 18.6 Å². The molecule has 0 saturated heterocycles. The summed E-state index contributed by atoms with van der Waals surface area (Å²) in [6.45, 7) is 1.47. The maximum atomic E-state index is 12.0. The third kappa shape index (κ3) is 3.23. The lowest BCUT2D eigenvalue weighted by Gasteiger charge is -2.11. The summed E-state index contributed by atoms with van der Waals surface area (Å²) in [6.07, 6.45) is -3.25. The van der Waals surface area contributed by atoms with Crippen molar-refractivity contribution in [2.45, 2.75) is 26.0 Å². The first-order valence-electron chi connectivity index (χ1n) is 6.28. The molecule has 0 aliphatic carbocycles. The molecule has 1 atom stereocenters. The molecule has 3 N–H and O–H groups in total. The van der Waals surface area contributed by atoms with Crippen LogP contribution in [0, 0.1) is 0 Å². The summed E-state index contributed by atoms with van der Waals surface area (Å²) in [5, 5.41) is 9.74. The molecule has 20 heavy (non-hydrogen) atoms. The number of nitrogens with zero attached hydrogens (tertiary/aromatic N) is 2. The molecular weight excluding hydrogens is 268 g/mol. The second-order valence-electron chi connectivity index (χ2n) is 4.51. The van der Waals surface area contributed by atoms with Gasteiger partial charge in [0.15, 0.2) is 0 Å². The quantitative estimate of drug-likeness (QED) is 0.628. The summed E-state index contributed by atoms with van der Waals surface area (Å²) < 4.78 is 30.6. The highest BCUT2D eigenvalue weighted by molar-refractivity contribution is 5.79. The molecule has 7 heteroatoms. The van der Waals surface area contributed by atoms with Crippen LogP contribution in [0.15, 0.2) is 18.2 Å². The van der Waals surface area contributed by atoms with Gasteiger partial charge in [-0.15, -0.1) is 0 Å². The molecular formula is C13H17F2N3O2. The maximum absolute atomic E-state index is 12.0. The number of hydrogen-bond acceptors (Lipinski definition) is 4. The van der Waals surface area contributed by atoms with E-state index in [1.165, 1.54) is 0 Å². The molecule has 0 aliphatic heterocycles. The van der Waals surface area contributed by atoms with Gasteiger partial charge in [-0.3, -0.25) is 0 Å². The Morgan fingerprint density at radius 1 is 1.45 bits per heavy atom. The standard InChI is InChI=1S/C13H17F2N3O2/c1-8(19)13-17-10-6-9(16)2-3-11(10)18(13)4-5-20-7-12(14)15/h2-3,6,8,12,19H,4-5,7,16H2,1H3. The molecule has 2 rings (SSSR count). The van der Waals surface area contributed by atoms with Gasteiger partial charge in [-0.25, -0.2) is 13.8 Å². The molecule has 1 unspecified atom stereocenters. The van der Waals surface area contributed by atoms with Gasteiger partial charge in [0.2, 0.25) is 0 Å². The average molecular weight is 285 g/mol. The number of hydrogen-bond donors (Lipinski definition) is 2. The molecule has 0 aliphatic rings. The molecule has 1 heterocycles. The van der Waals surface area contributed by atoms with Crippen molar-refractivity contribution in [1.82, 2.24) is 9.55 Å². The minimum atomic E-state index is -2.48. The third-order valence-corrected chi connectivity index (χ3v) is 2.88. The van der Waals surface area contributed by atoms with E-state index in [9.17, 15) is 13.9 Å². The Bertz CT molecular complexity index is 584. The number of aliphatic hydroxyl groups is 1. The smallest absolute Gasteiger partial charge is 0.261 e. The molecule has 1 aromatic carbocycles. The minimum Gasteiger partial charge on any atom is -0.399 e. The van der Waals surface area contributed by atoms with E-state index in [0.717, 1.165) is 5.52 Å². The number of alkyl halides is 2. The molecule has 1 aromatic heterocycles. The number of halogens is 2. The van der Waals surface area contributed by atoms with E-state index in [2.05, 4.69) is 4.98 Å². The average Bonchev–Trinajstić information content (AvgIpc) is 2.72. The number of fused-ring (bicyclic) bond motifs is 1. The summed E-state index contributed by atoms with van der Waals surface area (Å²) in [7, 11) is 0. The minimum absolute atomic E-state index is 0.125. The second-order valence-corrected chi connectivity index (χ2v) is 4.51. The molecule has 110 valence electrons. The molecule has 0 radical (unpaired) electrons. The van der Waals surface area contributed by atoms with Gasteiger partial charge in [-0.2, -0.15) is 0 Å². The topological polar surface area (TPSA) is 73.3 Å². The van der Waals surface area contributed by atoms with Gasteiger partial charge in [0.05, 0.1) is 17.6 Å². The van der Waals surface area contributed by atoms with Crippen LogP contribution in [0.4, 0.5) is 14.5 Å². The summed E-state index contributed by atoms with van der Waals surface area (Å²) in [5.41, 5.74) is 7.72. The van der Waals surface area contributed by atoms with Gasteiger partial charge < -0.3 is 20.1 Å². The highest BCUT2D eigenvalue weighted by Gasteiger charge is 2.15. The Hall–Kier alpha value is -1.73. The lowest BCUT2D eigenvalue weighted by Crippen LogP contribution is -2.13. The van der Waals surface area contributed by atoms with E-state index in [-0.39, 0.29) is 6.61 Å². The molecule has 5 nitrogen and oxygen atoms in total. The van der Waals surface area contributed by atoms with Crippen LogP contribution < -0.4 is 5.73 Å². The number of ether oxygens (including phenoxy) is 1. The van der Waals surface area contributed by atoms with Crippen molar-refractivity contribution >= 4 is 16.7 Å². The zero-order valence-electron chi connectivity index (χ0n) is 11.1. The van der Waals surface area contributed by atoms with Crippen LogP contribution in [-0.2, 0) is 11.3 Å². The van der Waals surface area contributed by atoms with Crippen molar-refractivity contribution in [1.29, 1.82) is 0 Å². The number of aliphatic hydroxyl groups excluding tert-OH is 1. The molecule has 0 spiro atoms. The van der Waals surface area contributed by atoms with Crippen molar-refractivity contribution in [3.05, 3.63) is 24.0 Å². The van der Waals surface area contributed by atoms with Crippen LogP contribution in [0.1, 0.15) is 18.9 Å².